The van der Waals surface area contributed by atoms with Gasteiger partial charge in [0.05, 0.1) is 0 Å². The van der Waals surface area contributed by atoms with Gasteiger partial charge in [-0.05, 0) is 24.7 Å². The molecule has 4 nitrogen and oxygen atoms in total. The highest BCUT2D eigenvalue weighted by atomic mass is 15.1. The van der Waals surface area contributed by atoms with Gasteiger partial charge in [-0.3, -0.25) is 0 Å². The predicted octanol–water partition coefficient (Wildman–Crippen LogP) is 4.02. The fourth-order valence-corrected chi connectivity index (χ4v) is 2.96. The van der Waals surface area contributed by atoms with Gasteiger partial charge in [0.1, 0.15) is 17.5 Å². The molecule has 1 saturated carbocycles. The van der Waals surface area contributed by atoms with E-state index in [1.807, 2.05) is 13.1 Å². The van der Waals surface area contributed by atoms with Crippen molar-refractivity contribution in [1.82, 2.24) is 9.97 Å². The van der Waals surface area contributed by atoms with Crippen molar-refractivity contribution in [3.8, 4) is 0 Å². The Morgan fingerprint density at radius 1 is 1.25 bits per heavy atom. The van der Waals surface area contributed by atoms with Gasteiger partial charge in [0.25, 0.3) is 0 Å². The van der Waals surface area contributed by atoms with Crippen LogP contribution in [0.1, 0.15) is 65.1 Å². The first-order chi connectivity index (χ1) is 9.39. The van der Waals surface area contributed by atoms with Gasteiger partial charge in [-0.15, -0.1) is 0 Å². The Morgan fingerprint density at radius 3 is 2.55 bits per heavy atom. The summed E-state index contributed by atoms with van der Waals surface area (Å²) in [5.41, 5.74) is 0.440. The van der Waals surface area contributed by atoms with Gasteiger partial charge in [-0.25, -0.2) is 9.97 Å². The van der Waals surface area contributed by atoms with Gasteiger partial charge in [0.2, 0.25) is 0 Å². The van der Waals surface area contributed by atoms with E-state index in [-0.39, 0.29) is 0 Å². The van der Waals surface area contributed by atoms with Crippen LogP contribution in [0.25, 0.3) is 0 Å². The van der Waals surface area contributed by atoms with Crippen LogP contribution in [0.15, 0.2) is 6.07 Å². The summed E-state index contributed by atoms with van der Waals surface area (Å²) in [5, 5.41) is 6.74. The molecule has 0 spiro atoms. The van der Waals surface area contributed by atoms with E-state index in [9.17, 15) is 0 Å². The number of hydrogen-bond acceptors (Lipinski definition) is 4. The lowest BCUT2D eigenvalue weighted by molar-refractivity contribution is 0.229. The lowest BCUT2D eigenvalue weighted by Gasteiger charge is -2.35. The molecular formula is C16H28N4. The Morgan fingerprint density at radius 2 is 1.95 bits per heavy atom. The fraction of sp³-hybridized carbons (Fsp3) is 0.750. The minimum atomic E-state index is 0.339. The third-order valence-corrected chi connectivity index (χ3v) is 4.07. The van der Waals surface area contributed by atoms with Gasteiger partial charge in [0.15, 0.2) is 0 Å². The lowest BCUT2D eigenvalue weighted by Crippen LogP contribution is -2.32. The zero-order valence-electron chi connectivity index (χ0n) is 13.5. The van der Waals surface area contributed by atoms with Crippen molar-refractivity contribution in [2.45, 2.75) is 65.3 Å². The van der Waals surface area contributed by atoms with Gasteiger partial charge < -0.3 is 10.6 Å². The zero-order valence-corrected chi connectivity index (χ0v) is 13.5. The maximum atomic E-state index is 4.66. The van der Waals surface area contributed by atoms with Crippen LogP contribution in [0.2, 0.25) is 0 Å². The molecule has 1 aromatic rings. The van der Waals surface area contributed by atoms with E-state index in [4.69, 9.17) is 0 Å². The van der Waals surface area contributed by atoms with Gasteiger partial charge in [-0.1, -0.05) is 34.1 Å². The van der Waals surface area contributed by atoms with Crippen LogP contribution in [-0.2, 0) is 0 Å². The van der Waals surface area contributed by atoms with E-state index in [1.54, 1.807) is 0 Å². The molecule has 2 rings (SSSR count). The number of rotatable bonds is 4. The first-order valence-electron chi connectivity index (χ1n) is 7.73. The third kappa shape index (κ3) is 3.84. The highest BCUT2D eigenvalue weighted by Crippen LogP contribution is 2.36. The molecule has 0 aliphatic heterocycles. The van der Waals surface area contributed by atoms with Crippen molar-refractivity contribution in [2.24, 2.45) is 5.41 Å². The van der Waals surface area contributed by atoms with E-state index >= 15 is 0 Å². The minimum absolute atomic E-state index is 0.339. The summed E-state index contributed by atoms with van der Waals surface area (Å²) in [7, 11) is 1.90. The minimum Gasteiger partial charge on any atom is -0.373 e. The maximum absolute atomic E-state index is 4.66. The molecule has 112 valence electrons. The maximum Gasteiger partial charge on any atom is 0.135 e. The average molecular weight is 276 g/mol. The van der Waals surface area contributed by atoms with Crippen molar-refractivity contribution in [3.05, 3.63) is 11.9 Å². The van der Waals surface area contributed by atoms with E-state index in [2.05, 4.69) is 48.3 Å². The standard InChI is InChI=1S/C16H28N4/c1-11(2)15-19-13(17-5)9-14(20-15)18-12-7-6-8-16(3,4)10-12/h9,11-12H,6-8,10H2,1-5H3,(H2,17,18,19,20). The molecule has 0 bridgehead atoms. The van der Waals surface area contributed by atoms with Gasteiger partial charge in [-0.2, -0.15) is 0 Å². The number of hydrogen-bond donors (Lipinski definition) is 2. The SMILES string of the molecule is CNc1cc(NC2CCCC(C)(C)C2)nc(C(C)C)n1. The Kier molecular flexibility index (Phi) is 4.51. The second kappa shape index (κ2) is 5.98. The van der Waals surface area contributed by atoms with Crippen molar-refractivity contribution < 1.29 is 0 Å². The second-order valence-electron chi connectivity index (χ2n) is 7.00. The first-order valence-corrected chi connectivity index (χ1v) is 7.73. The van der Waals surface area contributed by atoms with E-state index in [0.717, 1.165) is 17.5 Å². The molecule has 1 aliphatic carbocycles. The van der Waals surface area contributed by atoms with Crippen LogP contribution in [0.3, 0.4) is 0 Å². The molecule has 2 N–H and O–H groups in total. The Labute approximate surface area is 122 Å². The van der Waals surface area contributed by atoms with Crippen LogP contribution >= 0.6 is 0 Å². The summed E-state index contributed by atoms with van der Waals surface area (Å²) < 4.78 is 0. The molecular weight excluding hydrogens is 248 g/mol. The molecule has 1 atom stereocenters. The van der Waals surface area contributed by atoms with E-state index in [1.165, 1.54) is 25.7 Å². The molecule has 4 heteroatoms. The third-order valence-electron chi connectivity index (χ3n) is 4.07. The van der Waals surface area contributed by atoms with E-state index < -0.39 is 0 Å². The Hall–Kier alpha value is -1.32. The van der Waals surface area contributed by atoms with Crippen LogP contribution < -0.4 is 10.6 Å². The second-order valence-corrected chi connectivity index (χ2v) is 7.00. The quantitative estimate of drug-likeness (QED) is 0.872. The monoisotopic (exact) mass is 276 g/mol. The highest BCUT2D eigenvalue weighted by Gasteiger charge is 2.28. The topological polar surface area (TPSA) is 49.8 Å². The first kappa shape index (κ1) is 15.1. The summed E-state index contributed by atoms with van der Waals surface area (Å²) >= 11 is 0. The largest absolute Gasteiger partial charge is 0.373 e. The number of nitrogens with zero attached hydrogens (tertiary/aromatic N) is 2. The smallest absolute Gasteiger partial charge is 0.135 e. The number of nitrogens with one attached hydrogen (secondary N) is 2. The average Bonchev–Trinajstić information content (AvgIpc) is 2.37. The number of aromatic nitrogens is 2. The molecule has 0 radical (unpaired) electrons. The Bertz CT molecular complexity index is 454. The zero-order chi connectivity index (χ0) is 14.8. The molecule has 0 amide bonds. The summed E-state index contributed by atoms with van der Waals surface area (Å²) in [6.45, 7) is 8.98. The fourth-order valence-electron chi connectivity index (χ4n) is 2.96. The van der Waals surface area contributed by atoms with E-state index in [0.29, 0.717) is 17.4 Å². The van der Waals surface area contributed by atoms with Crippen molar-refractivity contribution in [1.29, 1.82) is 0 Å². The molecule has 1 unspecified atom stereocenters. The normalized spacial score (nSPS) is 21.8. The van der Waals surface area contributed by atoms with Crippen molar-refractivity contribution >= 4 is 11.6 Å². The molecule has 1 fully saturated rings. The molecule has 0 saturated heterocycles. The van der Waals surface area contributed by atoms with Crippen molar-refractivity contribution in [3.63, 3.8) is 0 Å². The molecule has 0 aromatic carbocycles. The predicted molar refractivity (Wildman–Crippen MR) is 85.3 cm³/mol. The van der Waals surface area contributed by atoms with Crippen molar-refractivity contribution in [2.75, 3.05) is 17.7 Å². The van der Waals surface area contributed by atoms with Crippen LogP contribution in [0.5, 0.6) is 0 Å². The summed E-state index contributed by atoms with van der Waals surface area (Å²) in [5.74, 6) is 3.08. The highest BCUT2D eigenvalue weighted by molar-refractivity contribution is 5.48. The summed E-state index contributed by atoms with van der Waals surface area (Å²) in [6.07, 6.45) is 5.07. The molecule has 1 aliphatic rings. The molecule has 1 aromatic heterocycles. The molecule has 1 heterocycles. The van der Waals surface area contributed by atoms with Crippen LogP contribution in [-0.4, -0.2) is 23.1 Å². The molecule has 20 heavy (non-hydrogen) atoms. The van der Waals surface area contributed by atoms with Gasteiger partial charge in [0, 0.05) is 25.1 Å². The summed E-state index contributed by atoms with van der Waals surface area (Å²) in [4.78, 5) is 9.17. The summed E-state index contributed by atoms with van der Waals surface area (Å²) in [6, 6.07) is 2.53. The lowest BCUT2D eigenvalue weighted by atomic mass is 9.75. The Balaban J connectivity index is 2.14. The van der Waals surface area contributed by atoms with Crippen LogP contribution in [0.4, 0.5) is 11.6 Å². The van der Waals surface area contributed by atoms with Crippen LogP contribution in [0, 0.1) is 5.41 Å². The van der Waals surface area contributed by atoms with Gasteiger partial charge >= 0.3 is 0 Å². The number of anilines is 2.